The van der Waals surface area contributed by atoms with Crippen LogP contribution in [0.2, 0.25) is 0 Å². The number of carbonyl (C=O) groups excluding carboxylic acids is 3. The molecule has 1 aliphatic rings. The van der Waals surface area contributed by atoms with Gasteiger partial charge < -0.3 is 10.6 Å². The summed E-state index contributed by atoms with van der Waals surface area (Å²) < 4.78 is 0. The zero-order valence-electron chi connectivity index (χ0n) is 12.5. The summed E-state index contributed by atoms with van der Waals surface area (Å²) in [5, 5.41) is 7.55. The van der Waals surface area contributed by atoms with Crippen molar-refractivity contribution >= 4 is 17.8 Å². The maximum atomic E-state index is 11.7. The molecule has 3 N–H and O–H groups in total. The Kier molecular flexibility index (Phi) is 6.48. The van der Waals surface area contributed by atoms with Gasteiger partial charge in [-0.3, -0.25) is 14.9 Å². The van der Waals surface area contributed by atoms with Crippen LogP contribution in [0.4, 0.5) is 4.79 Å². The molecule has 1 fully saturated rings. The van der Waals surface area contributed by atoms with Crippen molar-refractivity contribution < 1.29 is 14.4 Å². The molecule has 0 aromatic rings. The van der Waals surface area contributed by atoms with Crippen molar-refractivity contribution in [3.63, 3.8) is 0 Å². The van der Waals surface area contributed by atoms with Crippen molar-refractivity contribution in [2.75, 3.05) is 0 Å². The summed E-state index contributed by atoms with van der Waals surface area (Å²) >= 11 is 0. The third-order valence-electron chi connectivity index (χ3n) is 3.34. The number of rotatable bonds is 8. The van der Waals surface area contributed by atoms with Crippen LogP contribution in [0.5, 0.6) is 0 Å². The Bertz CT molecular complexity index is 369. The molecular weight excluding hydrogens is 258 g/mol. The smallest absolute Gasteiger partial charge is 0.322 e. The van der Waals surface area contributed by atoms with Crippen molar-refractivity contribution in [2.24, 2.45) is 5.92 Å². The molecule has 1 aliphatic heterocycles. The largest absolute Gasteiger partial charge is 0.354 e. The second kappa shape index (κ2) is 7.87. The molecule has 114 valence electrons. The van der Waals surface area contributed by atoms with Gasteiger partial charge in [0.15, 0.2) is 0 Å². The van der Waals surface area contributed by atoms with Crippen LogP contribution in [0.1, 0.15) is 52.9 Å². The first kappa shape index (κ1) is 16.5. The highest BCUT2D eigenvalue weighted by Gasteiger charge is 2.29. The van der Waals surface area contributed by atoms with E-state index in [1.807, 2.05) is 6.92 Å². The molecule has 1 rings (SSSR count). The highest BCUT2D eigenvalue weighted by Crippen LogP contribution is 2.09. The molecule has 0 radical (unpaired) electrons. The van der Waals surface area contributed by atoms with Crippen LogP contribution < -0.4 is 16.0 Å². The van der Waals surface area contributed by atoms with Crippen molar-refractivity contribution in [1.82, 2.24) is 16.0 Å². The molecule has 0 bridgehead atoms. The molecule has 6 nitrogen and oxygen atoms in total. The zero-order valence-corrected chi connectivity index (χ0v) is 12.5. The van der Waals surface area contributed by atoms with Crippen molar-refractivity contribution in [3.8, 4) is 0 Å². The standard InChI is InChI=1S/C14H25N3O3/c1-9(2)5-4-6-10(3)15-12(18)8-7-11-13(19)17-14(20)16-11/h9-11H,4-8H2,1-3H3,(H,15,18)(H2,16,17,19,20)/t10-,11+/m0/s1. The van der Waals surface area contributed by atoms with Crippen LogP contribution in [-0.4, -0.2) is 29.9 Å². The van der Waals surface area contributed by atoms with Crippen LogP contribution in [0, 0.1) is 5.92 Å². The van der Waals surface area contributed by atoms with Gasteiger partial charge in [-0.1, -0.05) is 26.7 Å². The van der Waals surface area contributed by atoms with Gasteiger partial charge in [0.25, 0.3) is 5.91 Å². The summed E-state index contributed by atoms with van der Waals surface area (Å²) in [7, 11) is 0. The van der Waals surface area contributed by atoms with E-state index in [0.29, 0.717) is 12.3 Å². The molecule has 0 unspecified atom stereocenters. The lowest BCUT2D eigenvalue weighted by Crippen LogP contribution is -2.35. The van der Waals surface area contributed by atoms with Gasteiger partial charge in [-0.2, -0.15) is 0 Å². The van der Waals surface area contributed by atoms with Crippen molar-refractivity contribution in [1.29, 1.82) is 0 Å². The Morgan fingerprint density at radius 2 is 1.95 bits per heavy atom. The Hall–Kier alpha value is -1.59. The number of imide groups is 1. The molecular formula is C14H25N3O3. The SMILES string of the molecule is CC(C)CCC[C@H](C)NC(=O)CC[C@H]1NC(=O)NC1=O. The van der Waals surface area contributed by atoms with Gasteiger partial charge in [0.05, 0.1) is 0 Å². The Morgan fingerprint density at radius 3 is 2.50 bits per heavy atom. The van der Waals surface area contributed by atoms with E-state index in [4.69, 9.17) is 0 Å². The van der Waals surface area contributed by atoms with Gasteiger partial charge in [0.1, 0.15) is 6.04 Å². The monoisotopic (exact) mass is 283 g/mol. The second-order valence-electron chi connectivity index (χ2n) is 5.85. The van der Waals surface area contributed by atoms with Crippen LogP contribution in [0.15, 0.2) is 0 Å². The number of hydrogen-bond donors (Lipinski definition) is 3. The minimum Gasteiger partial charge on any atom is -0.354 e. The van der Waals surface area contributed by atoms with E-state index in [2.05, 4.69) is 29.8 Å². The predicted octanol–water partition coefficient (Wildman–Crippen LogP) is 1.31. The average molecular weight is 283 g/mol. The van der Waals surface area contributed by atoms with Gasteiger partial charge in [0.2, 0.25) is 5.91 Å². The van der Waals surface area contributed by atoms with E-state index in [9.17, 15) is 14.4 Å². The van der Waals surface area contributed by atoms with Crippen LogP contribution in [0.25, 0.3) is 0 Å². The lowest BCUT2D eigenvalue weighted by molar-refractivity contribution is -0.122. The fraction of sp³-hybridized carbons (Fsp3) is 0.786. The van der Waals surface area contributed by atoms with E-state index >= 15 is 0 Å². The third-order valence-corrected chi connectivity index (χ3v) is 3.34. The van der Waals surface area contributed by atoms with E-state index in [1.54, 1.807) is 0 Å². The highest BCUT2D eigenvalue weighted by molar-refractivity contribution is 6.04. The number of amides is 4. The van der Waals surface area contributed by atoms with Crippen molar-refractivity contribution in [3.05, 3.63) is 0 Å². The first-order valence-electron chi connectivity index (χ1n) is 7.29. The molecule has 2 atom stereocenters. The first-order chi connectivity index (χ1) is 9.38. The first-order valence-corrected chi connectivity index (χ1v) is 7.29. The number of nitrogens with one attached hydrogen (secondary N) is 3. The van der Waals surface area contributed by atoms with Gasteiger partial charge in [-0.25, -0.2) is 4.79 Å². The van der Waals surface area contributed by atoms with Gasteiger partial charge in [-0.15, -0.1) is 0 Å². The topological polar surface area (TPSA) is 87.3 Å². The summed E-state index contributed by atoms with van der Waals surface area (Å²) in [6, 6.07) is -0.916. The molecule has 1 saturated heterocycles. The normalized spacial score (nSPS) is 19.7. The van der Waals surface area contributed by atoms with E-state index < -0.39 is 12.1 Å². The molecule has 0 aliphatic carbocycles. The van der Waals surface area contributed by atoms with Crippen molar-refractivity contribution in [2.45, 2.75) is 65.0 Å². The number of urea groups is 1. The maximum Gasteiger partial charge on any atom is 0.322 e. The van der Waals surface area contributed by atoms with E-state index in [1.165, 1.54) is 0 Å². The summed E-state index contributed by atoms with van der Waals surface area (Å²) in [6.07, 6.45) is 3.80. The number of carbonyl (C=O) groups is 3. The molecule has 0 spiro atoms. The molecule has 20 heavy (non-hydrogen) atoms. The van der Waals surface area contributed by atoms with Crippen LogP contribution >= 0.6 is 0 Å². The summed E-state index contributed by atoms with van der Waals surface area (Å²) in [6.45, 7) is 6.36. The van der Waals surface area contributed by atoms with Crippen LogP contribution in [0.3, 0.4) is 0 Å². The predicted molar refractivity (Wildman–Crippen MR) is 76.0 cm³/mol. The second-order valence-corrected chi connectivity index (χ2v) is 5.85. The molecule has 4 amide bonds. The fourth-order valence-corrected chi connectivity index (χ4v) is 2.19. The molecule has 1 heterocycles. The minimum atomic E-state index is -0.579. The fourth-order valence-electron chi connectivity index (χ4n) is 2.19. The Morgan fingerprint density at radius 1 is 1.25 bits per heavy atom. The quantitative estimate of drug-likeness (QED) is 0.587. The summed E-state index contributed by atoms with van der Waals surface area (Å²) in [5.74, 6) is 0.256. The summed E-state index contributed by atoms with van der Waals surface area (Å²) in [5.41, 5.74) is 0. The van der Waals surface area contributed by atoms with E-state index in [0.717, 1.165) is 19.3 Å². The van der Waals surface area contributed by atoms with Crippen LogP contribution in [-0.2, 0) is 9.59 Å². The average Bonchev–Trinajstić information content (AvgIpc) is 2.64. The molecule has 0 aromatic carbocycles. The maximum absolute atomic E-state index is 11.7. The minimum absolute atomic E-state index is 0.0732. The summed E-state index contributed by atoms with van der Waals surface area (Å²) in [4.78, 5) is 34.0. The Labute approximate surface area is 120 Å². The van der Waals surface area contributed by atoms with Gasteiger partial charge in [-0.05, 0) is 25.7 Å². The molecule has 6 heteroatoms. The van der Waals surface area contributed by atoms with E-state index in [-0.39, 0.29) is 24.3 Å². The molecule has 0 aromatic heterocycles. The molecule has 0 saturated carbocycles. The lowest BCUT2D eigenvalue weighted by Gasteiger charge is -2.15. The third kappa shape index (κ3) is 6.04. The highest BCUT2D eigenvalue weighted by atomic mass is 16.2. The zero-order chi connectivity index (χ0) is 15.1. The number of hydrogen-bond acceptors (Lipinski definition) is 3. The lowest BCUT2D eigenvalue weighted by atomic mass is 10.0. The van der Waals surface area contributed by atoms with Gasteiger partial charge in [0, 0.05) is 12.5 Å². The Balaban J connectivity index is 2.16. The van der Waals surface area contributed by atoms with Gasteiger partial charge >= 0.3 is 6.03 Å².